The van der Waals surface area contributed by atoms with Gasteiger partial charge in [0.25, 0.3) is 0 Å². The van der Waals surface area contributed by atoms with Crippen molar-refractivity contribution in [3.63, 3.8) is 0 Å². The van der Waals surface area contributed by atoms with Gasteiger partial charge < -0.3 is 9.47 Å². The third-order valence-corrected chi connectivity index (χ3v) is 16.7. The van der Waals surface area contributed by atoms with Crippen LogP contribution in [-0.2, 0) is 15.9 Å². The molecular weight excluding hydrogens is 680 g/mol. The van der Waals surface area contributed by atoms with Crippen LogP contribution in [0.15, 0.2) is 48.5 Å². The Balaban J connectivity index is 0.000000173. The Kier molecular flexibility index (Phi) is 15.6. The summed E-state index contributed by atoms with van der Waals surface area (Å²) in [5.74, 6) is 2.29. The average Bonchev–Trinajstić information content (AvgIpc) is 3.84. The van der Waals surface area contributed by atoms with Gasteiger partial charge in [-0.05, 0) is 86.1 Å². The summed E-state index contributed by atoms with van der Waals surface area (Å²) in [4.78, 5) is 0. The van der Waals surface area contributed by atoms with Gasteiger partial charge in [0.05, 0.1) is 14.2 Å². The molecule has 2 aromatic rings. The van der Waals surface area contributed by atoms with E-state index in [-0.39, 0.29) is 31.8 Å². The summed E-state index contributed by atoms with van der Waals surface area (Å²) in [7, 11) is 13.3. The zero-order valence-electron chi connectivity index (χ0n) is 25.0. The summed E-state index contributed by atoms with van der Waals surface area (Å²) in [5, 5.41) is 3.11. The van der Waals surface area contributed by atoms with Gasteiger partial charge in [-0.1, -0.05) is 104 Å². The fraction of sp³-hybridized carbons (Fsp3) is 0.647. The molecule has 41 heavy (non-hydrogen) atoms. The molecule has 7 heteroatoms. The van der Waals surface area contributed by atoms with E-state index in [9.17, 15) is 0 Å². The molecule has 0 atom stereocenters. The van der Waals surface area contributed by atoms with Gasteiger partial charge in [-0.3, -0.25) is 0 Å². The standard InChI is InChI=1S/2C17H25OP.2ClH.Pd/c2*1-18-16-12-6-7-13-17(16)19(14-8-2-3-9-14)15-10-4-5-11-15;;;/h2*6-7,12-15H,2-5,8-11H2,1H3;2*1H;/q;;;;+2/p-2. The fourth-order valence-electron chi connectivity index (χ4n) is 7.80. The van der Waals surface area contributed by atoms with E-state index in [0.717, 1.165) is 34.1 Å². The van der Waals surface area contributed by atoms with E-state index in [4.69, 9.17) is 28.5 Å². The molecule has 0 heterocycles. The number of benzene rings is 2. The molecule has 6 rings (SSSR count). The Bertz CT molecular complexity index is 892. The van der Waals surface area contributed by atoms with Gasteiger partial charge in [-0.15, -0.1) is 0 Å². The van der Waals surface area contributed by atoms with Crippen LogP contribution in [0.1, 0.15) is 103 Å². The van der Waals surface area contributed by atoms with Gasteiger partial charge in [0.15, 0.2) is 0 Å². The molecule has 0 aromatic heterocycles. The minimum atomic E-state index is -0.106. The first-order valence-corrected chi connectivity index (χ1v) is 22.8. The summed E-state index contributed by atoms with van der Waals surface area (Å²) in [6, 6.07) is 17.7. The average molecular weight is 730 g/mol. The third-order valence-electron chi connectivity index (χ3n) is 9.60. The van der Waals surface area contributed by atoms with Gasteiger partial charge in [-0.2, -0.15) is 0 Å². The van der Waals surface area contributed by atoms with Crippen LogP contribution in [0.25, 0.3) is 0 Å². The number of methoxy groups -OCH3 is 2. The third kappa shape index (κ3) is 9.56. The maximum atomic E-state index is 5.66. The number of ether oxygens (including phenoxy) is 2. The maximum absolute atomic E-state index is 5.66. The second-order valence-corrected chi connectivity index (χ2v) is 19.8. The van der Waals surface area contributed by atoms with Crippen molar-refractivity contribution in [3.05, 3.63) is 48.5 Å². The van der Waals surface area contributed by atoms with E-state index in [1.54, 1.807) is 10.6 Å². The van der Waals surface area contributed by atoms with Crippen LogP contribution in [0.4, 0.5) is 0 Å². The predicted octanol–water partition coefficient (Wildman–Crippen LogP) is 10.8. The molecule has 0 radical (unpaired) electrons. The topological polar surface area (TPSA) is 18.5 Å². The number of rotatable bonds is 8. The molecular formula is C34H50Cl2O2P2Pd. The van der Waals surface area contributed by atoms with Crippen molar-refractivity contribution in [2.24, 2.45) is 0 Å². The SMILES string of the molecule is COc1ccccc1P(C1CCCC1)C1CCCC1.COc1ccccc1P(C1CCCC1)C1CCCC1.[Cl][Pd][Cl]. The van der Waals surface area contributed by atoms with Crippen LogP contribution in [-0.4, -0.2) is 36.9 Å². The Morgan fingerprint density at radius 3 is 1.00 bits per heavy atom. The van der Waals surface area contributed by atoms with Crippen LogP contribution >= 0.6 is 34.9 Å². The molecule has 2 nitrogen and oxygen atoms in total. The molecule has 0 spiro atoms. The molecule has 4 aliphatic rings. The Hall–Kier alpha value is 0.142. The summed E-state index contributed by atoms with van der Waals surface area (Å²) in [5.41, 5.74) is 3.87. The summed E-state index contributed by atoms with van der Waals surface area (Å²) in [6.07, 6.45) is 23.3. The molecule has 4 fully saturated rings. The number of para-hydroxylation sites is 2. The summed E-state index contributed by atoms with van der Waals surface area (Å²) in [6.45, 7) is 0. The predicted molar refractivity (Wildman–Crippen MR) is 180 cm³/mol. The normalized spacial score (nSPS) is 20.3. The Labute approximate surface area is 269 Å². The van der Waals surface area contributed by atoms with Crippen LogP contribution in [0, 0.1) is 0 Å². The first-order chi connectivity index (χ1) is 20.2. The summed E-state index contributed by atoms with van der Waals surface area (Å²) < 4.78 is 11.3. The van der Waals surface area contributed by atoms with E-state index in [2.05, 4.69) is 48.5 Å². The second kappa shape index (κ2) is 18.8. The van der Waals surface area contributed by atoms with E-state index in [1.807, 2.05) is 14.2 Å². The van der Waals surface area contributed by atoms with Gasteiger partial charge >= 0.3 is 35.0 Å². The fourth-order valence-corrected chi connectivity index (χ4v) is 15.6. The Morgan fingerprint density at radius 1 is 0.512 bits per heavy atom. The van der Waals surface area contributed by atoms with Crippen LogP contribution in [0.2, 0.25) is 0 Å². The molecule has 0 saturated heterocycles. The van der Waals surface area contributed by atoms with Crippen molar-refractivity contribution in [2.45, 2.75) is 125 Å². The molecule has 4 aliphatic carbocycles. The summed E-state index contributed by atoms with van der Waals surface area (Å²) >= 11 is -0.106. The molecule has 0 unspecified atom stereocenters. The van der Waals surface area contributed by atoms with Gasteiger partial charge in [0, 0.05) is 10.6 Å². The van der Waals surface area contributed by atoms with E-state index < -0.39 is 0 Å². The molecule has 232 valence electrons. The number of halogens is 2. The first-order valence-electron chi connectivity index (χ1n) is 15.9. The van der Waals surface area contributed by atoms with Gasteiger partial charge in [0.1, 0.15) is 11.5 Å². The van der Waals surface area contributed by atoms with Crippen molar-refractivity contribution in [3.8, 4) is 11.5 Å². The molecule has 0 bridgehead atoms. The van der Waals surface area contributed by atoms with E-state index in [1.165, 1.54) is 103 Å². The zero-order chi connectivity index (χ0) is 28.9. The van der Waals surface area contributed by atoms with Gasteiger partial charge in [-0.25, -0.2) is 0 Å². The van der Waals surface area contributed by atoms with Crippen molar-refractivity contribution in [1.82, 2.24) is 0 Å². The monoisotopic (exact) mass is 728 g/mol. The van der Waals surface area contributed by atoms with E-state index in [0.29, 0.717) is 0 Å². The van der Waals surface area contributed by atoms with Crippen molar-refractivity contribution in [1.29, 1.82) is 0 Å². The quantitative estimate of drug-likeness (QED) is 0.199. The molecule has 0 N–H and O–H groups in total. The van der Waals surface area contributed by atoms with Crippen molar-refractivity contribution in [2.75, 3.05) is 14.2 Å². The zero-order valence-corrected chi connectivity index (χ0v) is 29.9. The van der Waals surface area contributed by atoms with Crippen LogP contribution in [0.3, 0.4) is 0 Å². The molecule has 0 amide bonds. The van der Waals surface area contributed by atoms with Crippen molar-refractivity contribution < 1.29 is 25.4 Å². The molecule has 0 aliphatic heterocycles. The molecule has 4 saturated carbocycles. The Morgan fingerprint density at radius 2 is 0.756 bits per heavy atom. The number of hydrogen-bond acceptors (Lipinski definition) is 2. The van der Waals surface area contributed by atoms with Gasteiger partial charge in [0.2, 0.25) is 0 Å². The van der Waals surface area contributed by atoms with Crippen molar-refractivity contribution >= 4 is 45.5 Å². The van der Waals surface area contributed by atoms with E-state index >= 15 is 0 Å². The number of hydrogen-bond donors (Lipinski definition) is 0. The first kappa shape index (κ1) is 34.0. The second-order valence-electron chi connectivity index (χ2n) is 12.0. The molecule has 2 aromatic carbocycles. The minimum absolute atomic E-state index is 0.00965. The van der Waals surface area contributed by atoms with Crippen LogP contribution < -0.4 is 20.1 Å². The van der Waals surface area contributed by atoms with Crippen LogP contribution in [0.5, 0.6) is 11.5 Å².